The minimum Gasteiger partial charge on any atom is -0.249 e. The molecule has 1 aromatic carbocycles. The fraction of sp³-hybridized carbons (Fsp3) is 0.429. The van der Waals surface area contributed by atoms with Crippen molar-refractivity contribution in [3.63, 3.8) is 0 Å². The van der Waals surface area contributed by atoms with Gasteiger partial charge in [0, 0.05) is 13.1 Å². The highest BCUT2D eigenvalue weighted by molar-refractivity contribution is 7.88. The van der Waals surface area contributed by atoms with Crippen molar-refractivity contribution in [2.75, 3.05) is 12.8 Å². The molecular formula is C14H20N4O2S. The fourth-order valence-electron chi connectivity index (χ4n) is 2.13. The molecule has 6 nitrogen and oxygen atoms in total. The Kier molecular flexibility index (Phi) is 4.74. The lowest BCUT2D eigenvalue weighted by molar-refractivity contribution is 0.378. The minimum atomic E-state index is -3.27. The van der Waals surface area contributed by atoms with Gasteiger partial charge in [0.1, 0.15) is 11.6 Å². The molecule has 2 aromatic rings. The van der Waals surface area contributed by atoms with Gasteiger partial charge >= 0.3 is 0 Å². The standard InChI is InChI=1S/C14H20N4O2S/c1-12-15-13(2)18(16-12)10-9-17(21(3,19)20)11-14-7-5-4-6-8-14/h4-8H,9-11H2,1-3H3. The molecule has 1 heterocycles. The minimum absolute atomic E-state index is 0.367. The second kappa shape index (κ2) is 6.36. The Morgan fingerprint density at radius 2 is 1.86 bits per heavy atom. The van der Waals surface area contributed by atoms with Crippen molar-refractivity contribution in [2.45, 2.75) is 26.9 Å². The van der Waals surface area contributed by atoms with E-state index >= 15 is 0 Å². The summed E-state index contributed by atoms with van der Waals surface area (Å²) in [6, 6.07) is 9.56. The first kappa shape index (κ1) is 15.7. The van der Waals surface area contributed by atoms with Gasteiger partial charge in [0.05, 0.1) is 12.8 Å². The van der Waals surface area contributed by atoms with Gasteiger partial charge in [0.15, 0.2) is 0 Å². The quantitative estimate of drug-likeness (QED) is 0.808. The lowest BCUT2D eigenvalue weighted by atomic mass is 10.2. The normalized spacial score (nSPS) is 12.0. The maximum atomic E-state index is 11.9. The largest absolute Gasteiger partial charge is 0.249 e. The summed E-state index contributed by atoms with van der Waals surface area (Å²) in [6.45, 7) is 4.92. The highest BCUT2D eigenvalue weighted by atomic mass is 32.2. The van der Waals surface area contributed by atoms with Crippen molar-refractivity contribution >= 4 is 10.0 Å². The Balaban J connectivity index is 2.09. The lowest BCUT2D eigenvalue weighted by Crippen LogP contribution is -2.33. The molecular weight excluding hydrogens is 288 g/mol. The van der Waals surface area contributed by atoms with Crippen LogP contribution in [0.1, 0.15) is 17.2 Å². The Morgan fingerprint density at radius 3 is 2.38 bits per heavy atom. The Bertz CT molecular complexity index is 695. The van der Waals surface area contributed by atoms with Gasteiger partial charge in [-0.3, -0.25) is 0 Å². The van der Waals surface area contributed by atoms with Gasteiger partial charge in [-0.05, 0) is 19.4 Å². The van der Waals surface area contributed by atoms with Crippen molar-refractivity contribution in [3.8, 4) is 0 Å². The zero-order valence-electron chi connectivity index (χ0n) is 12.5. The summed E-state index contributed by atoms with van der Waals surface area (Å²) in [5.41, 5.74) is 0.967. The molecule has 114 valence electrons. The van der Waals surface area contributed by atoms with Crippen LogP contribution in [-0.4, -0.2) is 40.3 Å². The zero-order chi connectivity index (χ0) is 15.5. The third kappa shape index (κ3) is 4.37. The number of hydrogen-bond donors (Lipinski definition) is 0. The van der Waals surface area contributed by atoms with Crippen LogP contribution in [0.5, 0.6) is 0 Å². The van der Waals surface area contributed by atoms with E-state index in [0.717, 1.165) is 11.4 Å². The predicted octanol–water partition coefficient (Wildman–Crippen LogP) is 1.36. The molecule has 0 aliphatic rings. The summed E-state index contributed by atoms with van der Waals surface area (Å²) in [7, 11) is -3.27. The van der Waals surface area contributed by atoms with E-state index in [0.29, 0.717) is 25.5 Å². The van der Waals surface area contributed by atoms with Crippen LogP contribution >= 0.6 is 0 Å². The third-order valence-electron chi connectivity index (χ3n) is 3.19. The lowest BCUT2D eigenvalue weighted by Gasteiger charge is -2.20. The van der Waals surface area contributed by atoms with Crippen LogP contribution in [-0.2, 0) is 23.1 Å². The number of benzene rings is 1. The summed E-state index contributed by atoms with van der Waals surface area (Å²) in [6.07, 6.45) is 1.23. The van der Waals surface area contributed by atoms with Crippen LogP contribution < -0.4 is 0 Å². The maximum Gasteiger partial charge on any atom is 0.211 e. The van der Waals surface area contributed by atoms with E-state index in [-0.39, 0.29) is 0 Å². The van der Waals surface area contributed by atoms with Crippen molar-refractivity contribution in [3.05, 3.63) is 47.5 Å². The number of hydrogen-bond acceptors (Lipinski definition) is 4. The summed E-state index contributed by atoms with van der Waals surface area (Å²) < 4.78 is 27.0. The SMILES string of the molecule is Cc1nc(C)n(CCN(Cc2ccccc2)S(C)(=O)=O)n1. The predicted molar refractivity (Wildman–Crippen MR) is 81.2 cm³/mol. The molecule has 0 radical (unpaired) electrons. The first-order valence-electron chi connectivity index (χ1n) is 6.73. The van der Waals surface area contributed by atoms with Crippen LogP contribution in [0.2, 0.25) is 0 Å². The molecule has 0 spiro atoms. The van der Waals surface area contributed by atoms with Crippen LogP contribution in [0.4, 0.5) is 0 Å². The van der Waals surface area contributed by atoms with E-state index in [9.17, 15) is 8.42 Å². The molecule has 0 N–H and O–H groups in total. The molecule has 0 amide bonds. The Hall–Kier alpha value is -1.73. The van der Waals surface area contributed by atoms with E-state index in [2.05, 4.69) is 10.1 Å². The molecule has 0 atom stereocenters. The molecule has 21 heavy (non-hydrogen) atoms. The van der Waals surface area contributed by atoms with Gasteiger partial charge in [-0.2, -0.15) is 9.40 Å². The Morgan fingerprint density at radius 1 is 1.19 bits per heavy atom. The molecule has 0 aliphatic carbocycles. The fourth-order valence-corrected chi connectivity index (χ4v) is 2.93. The summed E-state index contributed by atoms with van der Waals surface area (Å²) >= 11 is 0. The summed E-state index contributed by atoms with van der Waals surface area (Å²) in [5, 5.41) is 4.26. The van der Waals surface area contributed by atoms with Crippen molar-refractivity contribution in [2.24, 2.45) is 0 Å². The highest BCUT2D eigenvalue weighted by Crippen LogP contribution is 2.09. The Labute approximate surface area is 125 Å². The molecule has 2 rings (SSSR count). The molecule has 0 unspecified atom stereocenters. The first-order chi connectivity index (χ1) is 9.86. The van der Waals surface area contributed by atoms with E-state index in [1.807, 2.05) is 44.2 Å². The second-order valence-corrected chi connectivity index (χ2v) is 6.99. The number of sulfonamides is 1. The highest BCUT2D eigenvalue weighted by Gasteiger charge is 2.17. The van der Waals surface area contributed by atoms with Crippen molar-refractivity contribution < 1.29 is 8.42 Å². The van der Waals surface area contributed by atoms with Gasteiger partial charge < -0.3 is 0 Å². The number of aryl methyl sites for hydroxylation is 2. The molecule has 0 aliphatic heterocycles. The average Bonchev–Trinajstić information content (AvgIpc) is 2.73. The monoisotopic (exact) mass is 308 g/mol. The summed E-state index contributed by atoms with van der Waals surface area (Å²) in [5.74, 6) is 1.49. The molecule has 7 heteroatoms. The number of rotatable bonds is 6. The van der Waals surface area contributed by atoms with Crippen LogP contribution in [0.25, 0.3) is 0 Å². The topological polar surface area (TPSA) is 68.1 Å². The molecule has 1 aromatic heterocycles. The van der Waals surface area contributed by atoms with Crippen LogP contribution in [0, 0.1) is 13.8 Å². The van der Waals surface area contributed by atoms with E-state index < -0.39 is 10.0 Å². The van der Waals surface area contributed by atoms with Crippen molar-refractivity contribution in [1.82, 2.24) is 19.1 Å². The van der Waals surface area contributed by atoms with E-state index in [1.54, 1.807) is 4.68 Å². The zero-order valence-corrected chi connectivity index (χ0v) is 13.3. The van der Waals surface area contributed by atoms with Gasteiger partial charge in [-0.1, -0.05) is 30.3 Å². The van der Waals surface area contributed by atoms with Crippen molar-refractivity contribution in [1.29, 1.82) is 0 Å². The molecule has 0 saturated carbocycles. The smallest absolute Gasteiger partial charge is 0.211 e. The molecule has 0 fully saturated rings. The first-order valence-corrected chi connectivity index (χ1v) is 8.58. The van der Waals surface area contributed by atoms with Crippen LogP contribution in [0.15, 0.2) is 30.3 Å². The van der Waals surface area contributed by atoms with Crippen LogP contribution in [0.3, 0.4) is 0 Å². The molecule has 0 bridgehead atoms. The van der Waals surface area contributed by atoms with Gasteiger partial charge in [0.2, 0.25) is 10.0 Å². The maximum absolute atomic E-state index is 11.9. The number of nitrogens with zero attached hydrogens (tertiary/aromatic N) is 4. The number of aromatic nitrogens is 3. The van der Waals surface area contributed by atoms with Gasteiger partial charge in [-0.25, -0.2) is 18.1 Å². The third-order valence-corrected chi connectivity index (χ3v) is 4.44. The molecule has 0 saturated heterocycles. The average molecular weight is 308 g/mol. The van der Waals surface area contributed by atoms with E-state index in [1.165, 1.54) is 10.6 Å². The second-order valence-electron chi connectivity index (χ2n) is 5.01. The summed E-state index contributed by atoms with van der Waals surface area (Å²) in [4.78, 5) is 4.22. The van der Waals surface area contributed by atoms with Gasteiger partial charge in [-0.15, -0.1) is 0 Å². The van der Waals surface area contributed by atoms with Gasteiger partial charge in [0.25, 0.3) is 0 Å². The van der Waals surface area contributed by atoms with E-state index in [4.69, 9.17) is 0 Å².